The molecule has 152 valence electrons. The van der Waals surface area contributed by atoms with Crippen molar-refractivity contribution in [3.63, 3.8) is 0 Å². The molecule has 0 saturated heterocycles. The number of aromatic nitrogens is 3. The van der Waals surface area contributed by atoms with Crippen molar-refractivity contribution < 1.29 is 9.90 Å². The lowest BCUT2D eigenvalue weighted by atomic mass is 9.94. The Balaban J connectivity index is 1.89. The highest BCUT2D eigenvalue weighted by atomic mass is 16.4. The van der Waals surface area contributed by atoms with Gasteiger partial charge in [0.15, 0.2) is 5.82 Å². The molecule has 0 fully saturated rings. The molecular formula is C24H29N3O2. The van der Waals surface area contributed by atoms with Gasteiger partial charge in [-0.2, -0.15) is 5.10 Å². The van der Waals surface area contributed by atoms with Gasteiger partial charge in [0.05, 0.1) is 12.1 Å². The van der Waals surface area contributed by atoms with Crippen molar-refractivity contribution in [3.05, 3.63) is 71.3 Å². The van der Waals surface area contributed by atoms with Gasteiger partial charge in [0, 0.05) is 10.8 Å². The van der Waals surface area contributed by atoms with Gasteiger partial charge in [-0.3, -0.25) is 0 Å². The van der Waals surface area contributed by atoms with Crippen LogP contribution in [-0.4, -0.2) is 25.8 Å². The molecule has 1 N–H and O–H groups in total. The molecule has 2 aromatic carbocycles. The molecule has 0 saturated carbocycles. The van der Waals surface area contributed by atoms with E-state index < -0.39 is 5.97 Å². The largest absolute Gasteiger partial charge is 0.478 e. The summed E-state index contributed by atoms with van der Waals surface area (Å²) in [4.78, 5) is 16.0. The number of carbonyl (C=O) groups is 1. The molecule has 0 spiro atoms. The zero-order valence-electron chi connectivity index (χ0n) is 18.0. The van der Waals surface area contributed by atoms with Gasteiger partial charge in [-0.25, -0.2) is 14.5 Å². The molecule has 0 aliphatic carbocycles. The summed E-state index contributed by atoms with van der Waals surface area (Å²) in [5.41, 5.74) is 3.08. The van der Waals surface area contributed by atoms with Crippen LogP contribution in [0.5, 0.6) is 0 Å². The van der Waals surface area contributed by atoms with Crippen molar-refractivity contribution in [2.24, 2.45) is 0 Å². The molecule has 0 amide bonds. The molecule has 29 heavy (non-hydrogen) atoms. The van der Waals surface area contributed by atoms with E-state index in [0.29, 0.717) is 12.1 Å². The van der Waals surface area contributed by atoms with E-state index in [1.54, 1.807) is 18.2 Å². The first-order valence-corrected chi connectivity index (χ1v) is 9.83. The van der Waals surface area contributed by atoms with Gasteiger partial charge in [0.25, 0.3) is 0 Å². The van der Waals surface area contributed by atoms with Crippen LogP contribution in [0.4, 0.5) is 0 Å². The van der Waals surface area contributed by atoms with Crippen LogP contribution in [0.2, 0.25) is 0 Å². The minimum Gasteiger partial charge on any atom is -0.478 e. The number of hydrogen-bond acceptors (Lipinski definition) is 3. The molecule has 0 aliphatic rings. The normalized spacial score (nSPS) is 12.2. The Labute approximate surface area is 172 Å². The number of benzene rings is 2. The Morgan fingerprint density at radius 2 is 1.59 bits per heavy atom. The maximum atomic E-state index is 11.2. The number of nitrogens with zero attached hydrogens (tertiary/aromatic N) is 3. The number of carboxylic acids is 1. The SMILES string of the molecule is CC(C)(C)c1nc(C(C)(C)C)n(Cc2ccc(-c3cccc(C(=O)O)c3)cc2)n1. The minimum atomic E-state index is -0.918. The fourth-order valence-electron chi connectivity index (χ4n) is 3.13. The average molecular weight is 392 g/mol. The molecule has 0 atom stereocenters. The van der Waals surface area contributed by atoms with E-state index in [-0.39, 0.29) is 10.8 Å². The zero-order valence-corrected chi connectivity index (χ0v) is 18.0. The predicted octanol–water partition coefficient (Wildman–Crippen LogP) is 5.29. The third-order valence-corrected chi connectivity index (χ3v) is 4.74. The maximum Gasteiger partial charge on any atom is 0.335 e. The van der Waals surface area contributed by atoms with Gasteiger partial charge in [0.1, 0.15) is 5.82 Å². The first kappa shape index (κ1) is 20.8. The summed E-state index contributed by atoms with van der Waals surface area (Å²) in [6.45, 7) is 13.5. The third-order valence-electron chi connectivity index (χ3n) is 4.74. The Morgan fingerprint density at radius 1 is 0.931 bits per heavy atom. The Bertz CT molecular complexity index is 1020. The lowest BCUT2D eigenvalue weighted by Gasteiger charge is -2.18. The van der Waals surface area contributed by atoms with Gasteiger partial charge < -0.3 is 5.11 Å². The second kappa shape index (κ2) is 7.47. The molecule has 1 aromatic heterocycles. The summed E-state index contributed by atoms with van der Waals surface area (Å²) in [5.74, 6) is 0.907. The lowest BCUT2D eigenvalue weighted by Crippen LogP contribution is -2.20. The summed E-state index contributed by atoms with van der Waals surface area (Å²) in [7, 11) is 0. The van der Waals surface area contributed by atoms with Crippen LogP contribution < -0.4 is 0 Å². The molecule has 0 aliphatic heterocycles. The topological polar surface area (TPSA) is 68.0 Å². The first-order valence-electron chi connectivity index (χ1n) is 9.83. The lowest BCUT2D eigenvalue weighted by molar-refractivity contribution is 0.0697. The van der Waals surface area contributed by atoms with Crippen LogP contribution in [-0.2, 0) is 17.4 Å². The van der Waals surface area contributed by atoms with Crippen molar-refractivity contribution in [2.75, 3.05) is 0 Å². The van der Waals surface area contributed by atoms with E-state index in [2.05, 4.69) is 53.7 Å². The summed E-state index contributed by atoms with van der Waals surface area (Å²) < 4.78 is 2.00. The van der Waals surface area contributed by atoms with Crippen LogP contribution in [0.15, 0.2) is 48.5 Å². The van der Waals surface area contributed by atoms with Crippen molar-refractivity contribution in [2.45, 2.75) is 58.9 Å². The zero-order chi connectivity index (χ0) is 21.4. The summed E-state index contributed by atoms with van der Waals surface area (Å²) in [6.07, 6.45) is 0. The van der Waals surface area contributed by atoms with Gasteiger partial charge in [-0.05, 0) is 28.8 Å². The molecule has 0 radical (unpaired) electrons. The number of carboxylic acid groups (broad SMARTS) is 1. The smallest absolute Gasteiger partial charge is 0.335 e. The molecule has 3 rings (SSSR count). The highest BCUT2D eigenvalue weighted by molar-refractivity contribution is 5.89. The van der Waals surface area contributed by atoms with E-state index >= 15 is 0 Å². The second-order valence-corrected chi connectivity index (χ2v) is 9.50. The predicted molar refractivity (Wildman–Crippen MR) is 115 cm³/mol. The number of aromatic carboxylic acids is 1. The molecule has 3 aromatic rings. The standard InChI is InChI=1S/C24H29N3O2/c1-23(2,3)21-25-22(24(4,5)6)27(26-21)15-16-10-12-17(13-11-16)18-8-7-9-19(14-18)20(28)29/h7-14H,15H2,1-6H3,(H,28,29). The quantitative estimate of drug-likeness (QED) is 0.656. The van der Waals surface area contributed by atoms with Crippen molar-refractivity contribution in [1.29, 1.82) is 0 Å². The number of rotatable bonds is 4. The van der Waals surface area contributed by atoms with E-state index in [9.17, 15) is 9.90 Å². The second-order valence-electron chi connectivity index (χ2n) is 9.50. The Morgan fingerprint density at radius 3 is 2.14 bits per heavy atom. The molecule has 5 heteroatoms. The van der Waals surface area contributed by atoms with Crippen molar-refractivity contribution in [1.82, 2.24) is 14.8 Å². The Hall–Kier alpha value is -2.95. The highest BCUT2D eigenvalue weighted by Gasteiger charge is 2.27. The summed E-state index contributed by atoms with van der Waals surface area (Å²) >= 11 is 0. The van der Waals surface area contributed by atoms with Gasteiger partial charge in [-0.1, -0.05) is 77.9 Å². The van der Waals surface area contributed by atoms with Crippen molar-refractivity contribution >= 4 is 5.97 Å². The molecule has 1 heterocycles. The van der Waals surface area contributed by atoms with Crippen LogP contribution in [0.25, 0.3) is 11.1 Å². The third kappa shape index (κ3) is 4.73. The van der Waals surface area contributed by atoms with E-state index in [1.165, 1.54) is 0 Å². The van der Waals surface area contributed by atoms with Crippen LogP contribution in [0, 0.1) is 0 Å². The number of hydrogen-bond donors (Lipinski definition) is 1. The van der Waals surface area contributed by atoms with Gasteiger partial charge in [-0.15, -0.1) is 0 Å². The molecule has 5 nitrogen and oxygen atoms in total. The average Bonchev–Trinajstić information content (AvgIpc) is 3.07. The van der Waals surface area contributed by atoms with Gasteiger partial charge >= 0.3 is 5.97 Å². The molecule has 0 bridgehead atoms. The highest BCUT2D eigenvalue weighted by Crippen LogP contribution is 2.26. The maximum absolute atomic E-state index is 11.2. The van der Waals surface area contributed by atoms with Crippen LogP contribution in [0.1, 0.15) is 69.1 Å². The van der Waals surface area contributed by atoms with Crippen LogP contribution >= 0.6 is 0 Å². The summed E-state index contributed by atoms with van der Waals surface area (Å²) in [6, 6.07) is 15.2. The fraction of sp³-hybridized carbons (Fsp3) is 0.375. The van der Waals surface area contributed by atoms with Gasteiger partial charge in [0.2, 0.25) is 0 Å². The Kier molecular flexibility index (Phi) is 5.35. The minimum absolute atomic E-state index is 0.103. The fourth-order valence-corrected chi connectivity index (χ4v) is 3.13. The van der Waals surface area contributed by atoms with E-state index in [4.69, 9.17) is 10.1 Å². The van der Waals surface area contributed by atoms with E-state index in [0.717, 1.165) is 28.3 Å². The first-order chi connectivity index (χ1) is 13.4. The van der Waals surface area contributed by atoms with Crippen molar-refractivity contribution in [3.8, 4) is 11.1 Å². The van der Waals surface area contributed by atoms with Crippen LogP contribution in [0.3, 0.4) is 0 Å². The molecule has 0 unspecified atom stereocenters. The summed E-state index contributed by atoms with van der Waals surface area (Å²) in [5, 5.41) is 14.0. The monoisotopic (exact) mass is 391 g/mol. The molecular weight excluding hydrogens is 362 g/mol. The van der Waals surface area contributed by atoms with E-state index in [1.807, 2.05) is 22.9 Å².